The van der Waals surface area contributed by atoms with Crippen molar-refractivity contribution in [2.45, 2.75) is 225 Å². The van der Waals surface area contributed by atoms with Crippen molar-refractivity contribution in [2.75, 3.05) is 13.2 Å². The highest BCUT2D eigenvalue weighted by Gasteiger charge is 2.35. The van der Waals surface area contributed by atoms with Gasteiger partial charge in [-0.05, 0) is 38.0 Å². The van der Waals surface area contributed by atoms with Gasteiger partial charge in [0.15, 0.2) is 6.29 Å². The fourth-order valence-electron chi connectivity index (χ4n) is 6.96. The Bertz CT molecular complexity index is 951. The number of aliphatic hydroxyl groups is 4. The first-order chi connectivity index (χ1) is 26.1. The van der Waals surface area contributed by atoms with Gasteiger partial charge in [0.1, 0.15) is 19.3 Å². The van der Waals surface area contributed by atoms with Crippen molar-refractivity contribution in [3.63, 3.8) is 0 Å². The smallest absolute Gasteiger partial charge is 0.305 e. The van der Waals surface area contributed by atoms with Gasteiger partial charge in [-0.1, -0.05) is 167 Å². The maximum Gasteiger partial charge on any atom is 0.305 e. The number of carbonyl (C=O) groups excluding carboxylic acids is 2. The number of unbranched alkanes of at least 4 members (excludes halogenated alkanes) is 18. The van der Waals surface area contributed by atoms with Crippen molar-refractivity contribution >= 4 is 11.9 Å². The maximum atomic E-state index is 12.1. The first-order valence-corrected chi connectivity index (χ1v) is 22.1. The summed E-state index contributed by atoms with van der Waals surface area (Å²) in [5, 5.41) is 40.8. The molecule has 0 spiro atoms. The molecule has 0 aromatic rings. The number of ether oxygens (including phenoxy) is 3. The van der Waals surface area contributed by atoms with E-state index in [0.29, 0.717) is 32.1 Å². The number of esters is 2. The molecule has 1 aliphatic heterocycles. The molecule has 1 rings (SSSR count). The molecule has 0 radical (unpaired) electrons. The van der Waals surface area contributed by atoms with Crippen LogP contribution in [0.25, 0.3) is 0 Å². The topological polar surface area (TPSA) is 143 Å². The van der Waals surface area contributed by atoms with E-state index in [1.54, 1.807) is 12.2 Å². The quantitative estimate of drug-likeness (QED) is 0.0282. The highest BCUT2D eigenvalue weighted by atomic mass is 16.6. The van der Waals surface area contributed by atoms with Gasteiger partial charge in [0.2, 0.25) is 0 Å². The van der Waals surface area contributed by atoms with Gasteiger partial charge in [-0.15, -0.1) is 0 Å². The third-order valence-electron chi connectivity index (χ3n) is 10.4. The Morgan fingerprint density at radius 2 is 1.19 bits per heavy atom. The van der Waals surface area contributed by atoms with Crippen LogP contribution in [0.15, 0.2) is 24.3 Å². The van der Waals surface area contributed by atoms with Crippen LogP contribution in [-0.2, 0) is 23.8 Å². The molecular weight excluding hydrogens is 684 g/mol. The molecule has 9 nitrogen and oxygen atoms in total. The molecule has 0 aromatic carbocycles. The summed E-state index contributed by atoms with van der Waals surface area (Å²) >= 11 is 0. The van der Waals surface area contributed by atoms with Crippen LogP contribution in [0.3, 0.4) is 0 Å². The zero-order valence-electron chi connectivity index (χ0n) is 34.7. The summed E-state index contributed by atoms with van der Waals surface area (Å²) in [6.45, 7) is 6.34. The second-order valence-electron chi connectivity index (χ2n) is 16.2. The normalized spacial score (nSPS) is 20.2. The van der Waals surface area contributed by atoms with Gasteiger partial charge in [0.05, 0.1) is 18.3 Å². The lowest BCUT2D eigenvalue weighted by Gasteiger charge is -2.36. The molecule has 1 unspecified atom stereocenters. The fourth-order valence-corrected chi connectivity index (χ4v) is 6.96. The lowest BCUT2D eigenvalue weighted by atomic mass is 9.87. The molecule has 0 saturated carbocycles. The van der Waals surface area contributed by atoms with Crippen molar-refractivity contribution in [1.82, 2.24) is 0 Å². The summed E-state index contributed by atoms with van der Waals surface area (Å²) in [6.07, 6.45) is 31.5. The van der Waals surface area contributed by atoms with Crippen LogP contribution in [0.5, 0.6) is 0 Å². The molecule has 4 N–H and O–H groups in total. The summed E-state index contributed by atoms with van der Waals surface area (Å²) in [6, 6.07) is 0. The first-order valence-electron chi connectivity index (χ1n) is 22.1. The molecule has 0 aliphatic carbocycles. The van der Waals surface area contributed by atoms with Crippen molar-refractivity contribution in [3.8, 4) is 0 Å². The number of aliphatic hydroxyl groups excluding tert-OH is 4. The lowest BCUT2D eigenvalue weighted by molar-refractivity contribution is -0.199. The molecule has 1 saturated heterocycles. The maximum absolute atomic E-state index is 12.1. The SMILES string of the molecule is CCCCC[C@H](O)/C=C/[C@H]1OC(O)C[C@H](O)[C@@H]1C/C=C\CCCC(=O)OC[C@@H](O)COC(=O)CCCCCCCCCCCCCCCCCCC(C)C. The lowest BCUT2D eigenvalue weighted by Crippen LogP contribution is -2.43. The number of rotatable bonds is 35. The second kappa shape index (κ2) is 34.5. The van der Waals surface area contributed by atoms with E-state index < -0.39 is 36.7 Å². The Hall–Kier alpha value is -1.78. The predicted octanol–water partition coefficient (Wildman–Crippen LogP) is 9.81. The van der Waals surface area contributed by atoms with Crippen molar-refractivity contribution < 1.29 is 44.2 Å². The summed E-state index contributed by atoms with van der Waals surface area (Å²) in [5.74, 6) is -0.157. The monoisotopic (exact) mass is 767 g/mol. The van der Waals surface area contributed by atoms with Crippen molar-refractivity contribution in [3.05, 3.63) is 24.3 Å². The minimum Gasteiger partial charge on any atom is -0.463 e. The van der Waals surface area contributed by atoms with Crippen LogP contribution in [0.1, 0.15) is 194 Å². The van der Waals surface area contributed by atoms with E-state index in [-0.39, 0.29) is 37.9 Å². The van der Waals surface area contributed by atoms with Gasteiger partial charge in [-0.3, -0.25) is 9.59 Å². The van der Waals surface area contributed by atoms with Gasteiger partial charge in [0, 0.05) is 25.2 Å². The van der Waals surface area contributed by atoms with E-state index in [0.717, 1.165) is 44.4 Å². The molecule has 0 bridgehead atoms. The average molecular weight is 767 g/mol. The van der Waals surface area contributed by atoms with Crippen LogP contribution in [0.2, 0.25) is 0 Å². The standard InChI is InChI=1S/C45H82O9/c1-4-5-22-28-38(46)32-33-42-40(41(48)34-45(51)54-42)29-24-20-21-26-31-44(50)53-36-39(47)35-52-43(49)30-25-19-17-15-13-11-9-7-6-8-10-12-14-16-18-23-27-37(2)3/h20,24,32-33,37-42,45-48,51H,4-19,21-23,25-31,34-36H2,1-3H3/b24-20-,33-32+/t38-,39-,40-,41-,42+,45?/m0/s1. The molecule has 0 amide bonds. The molecule has 54 heavy (non-hydrogen) atoms. The van der Waals surface area contributed by atoms with Crippen molar-refractivity contribution in [2.24, 2.45) is 11.8 Å². The second-order valence-corrected chi connectivity index (χ2v) is 16.2. The van der Waals surface area contributed by atoms with E-state index in [9.17, 15) is 30.0 Å². The van der Waals surface area contributed by atoms with Crippen molar-refractivity contribution in [1.29, 1.82) is 0 Å². The summed E-state index contributed by atoms with van der Waals surface area (Å²) < 4.78 is 16.0. The fraction of sp³-hybridized carbons (Fsp3) is 0.867. The molecule has 316 valence electrons. The van der Waals surface area contributed by atoms with Crippen LogP contribution in [0, 0.1) is 11.8 Å². The Balaban J connectivity index is 2.01. The molecule has 6 atom stereocenters. The van der Waals surface area contributed by atoms with E-state index in [2.05, 4.69) is 20.8 Å². The van der Waals surface area contributed by atoms with Gasteiger partial charge in [-0.2, -0.15) is 0 Å². The summed E-state index contributed by atoms with van der Waals surface area (Å²) in [5.41, 5.74) is 0. The molecule has 1 fully saturated rings. The van der Waals surface area contributed by atoms with E-state index in [1.807, 2.05) is 12.2 Å². The minimum atomic E-state index is -1.05. The molecule has 9 heteroatoms. The number of allylic oxidation sites excluding steroid dienone is 2. The van der Waals surface area contributed by atoms with Crippen LogP contribution >= 0.6 is 0 Å². The van der Waals surface area contributed by atoms with Gasteiger partial charge in [-0.25, -0.2) is 0 Å². The highest BCUT2D eigenvalue weighted by Crippen LogP contribution is 2.29. The molecule has 1 aliphatic rings. The van der Waals surface area contributed by atoms with Gasteiger partial charge in [0.25, 0.3) is 0 Å². The minimum absolute atomic E-state index is 0.137. The Morgan fingerprint density at radius 3 is 1.72 bits per heavy atom. The zero-order valence-corrected chi connectivity index (χ0v) is 34.7. The van der Waals surface area contributed by atoms with E-state index in [4.69, 9.17) is 14.2 Å². The number of hydrogen-bond acceptors (Lipinski definition) is 9. The van der Waals surface area contributed by atoms with Crippen LogP contribution in [0.4, 0.5) is 0 Å². The van der Waals surface area contributed by atoms with Gasteiger partial charge >= 0.3 is 11.9 Å². The first kappa shape index (κ1) is 50.2. The highest BCUT2D eigenvalue weighted by molar-refractivity contribution is 5.69. The number of hydrogen-bond donors (Lipinski definition) is 4. The van der Waals surface area contributed by atoms with Crippen LogP contribution in [-0.4, -0.2) is 76.3 Å². The van der Waals surface area contributed by atoms with E-state index >= 15 is 0 Å². The molecule has 0 aromatic heterocycles. The van der Waals surface area contributed by atoms with Gasteiger partial charge < -0.3 is 34.6 Å². The summed E-state index contributed by atoms with van der Waals surface area (Å²) in [7, 11) is 0. The third kappa shape index (κ3) is 29.5. The summed E-state index contributed by atoms with van der Waals surface area (Å²) in [4.78, 5) is 24.2. The Labute approximate surface area is 329 Å². The third-order valence-corrected chi connectivity index (χ3v) is 10.4. The largest absolute Gasteiger partial charge is 0.463 e. The van der Waals surface area contributed by atoms with Crippen LogP contribution < -0.4 is 0 Å². The zero-order chi connectivity index (χ0) is 39.7. The Morgan fingerprint density at radius 1 is 0.685 bits per heavy atom. The molecule has 1 heterocycles. The average Bonchev–Trinajstić information content (AvgIpc) is 3.13. The number of carbonyl (C=O) groups is 2. The predicted molar refractivity (Wildman–Crippen MR) is 218 cm³/mol. The Kier molecular flexibility index (Phi) is 32.1. The van der Waals surface area contributed by atoms with E-state index in [1.165, 1.54) is 89.9 Å². The molecular formula is C45H82O9.